The summed E-state index contributed by atoms with van der Waals surface area (Å²) in [4.78, 5) is 24.5. The first-order valence-corrected chi connectivity index (χ1v) is 7.15. The fourth-order valence-corrected chi connectivity index (χ4v) is 2.60. The molecule has 1 aliphatic carbocycles. The van der Waals surface area contributed by atoms with Crippen molar-refractivity contribution in [3.63, 3.8) is 0 Å². The van der Waals surface area contributed by atoms with Crippen molar-refractivity contribution in [1.82, 2.24) is 10.2 Å². The van der Waals surface area contributed by atoms with E-state index in [9.17, 15) is 9.59 Å². The summed E-state index contributed by atoms with van der Waals surface area (Å²) in [6.07, 6.45) is 2.85. The number of amides is 2. The Bertz CT molecular complexity index is 333. The number of nitrogens with one attached hydrogen (secondary N) is 1. The summed E-state index contributed by atoms with van der Waals surface area (Å²) in [6, 6.07) is -0.143. The van der Waals surface area contributed by atoms with Crippen molar-refractivity contribution in [2.24, 2.45) is 11.8 Å². The molecule has 4 unspecified atom stereocenters. The van der Waals surface area contributed by atoms with E-state index < -0.39 is 5.97 Å². The molecule has 1 fully saturated rings. The topological polar surface area (TPSA) is 69.6 Å². The number of carboxylic acids is 1. The minimum absolute atomic E-state index is 0.0646. The number of nitrogens with zero attached hydrogens (tertiary/aromatic N) is 1. The molecule has 0 aromatic heterocycles. The Morgan fingerprint density at radius 1 is 1.37 bits per heavy atom. The van der Waals surface area contributed by atoms with Crippen molar-refractivity contribution in [3.8, 4) is 0 Å². The summed E-state index contributed by atoms with van der Waals surface area (Å²) < 4.78 is 0. The van der Waals surface area contributed by atoms with Gasteiger partial charge in [0.2, 0.25) is 0 Å². The van der Waals surface area contributed by atoms with Gasteiger partial charge in [0.1, 0.15) is 6.54 Å². The first kappa shape index (κ1) is 15.8. The number of rotatable bonds is 5. The number of carboxylic acid groups (broad SMARTS) is 1. The van der Waals surface area contributed by atoms with Gasteiger partial charge in [0, 0.05) is 12.1 Å². The minimum atomic E-state index is -0.969. The van der Waals surface area contributed by atoms with Gasteiger partial charge in [0.05, 0.1) is 0 Å². The molecular weight excluding hydrogens is 244 g/mol. The van der Waals surface area contributed by atoms with Gasteiger partial charge >= 0.3 is 12.0 Å². The van der Waals surface area contributed by atoms with Crippen LogP contribution in [0.15, 0.2) is 0 Å². The molecule has 5 nitrogen and oxygen atoms in total. The zero-order valence-corrected chi connectivity index (χ0v) is 12.3. The second-order valence-corrected chi connectivity index (χ2v) is 5.75. The van der Waals surface area contributed by atoms with E-state index in [2.05, 4.69) is 19.2 Å². The van der Waals surface area contributed by atoms with Crippen LogP contribution in [0.2, 0.25) is 0 Å². The van der Waals surface area contributed by atoms with Gasteiger partial charge in [-0.2, -0.15) is 0 Å². The molecule has 0 radical (unpaired) electrons. The smallest absolute Gasteiger partial charge is 0.323 e. The molecule has 19 heavy (non-hydrogen) atoms. The van der Waals surface area contributed by atoms with Crippen LogP contribution >= 0.6 is 0 Å². The molecule has 2 amide bonds. The number of carbonyl (C=O) groups is 2. The van der Waals surface area contributed by atoms with Crippen LogP contribution in [0.4, 0.5) is 4.79 Å². The van der Waals surface area contributed by atoms with Crippen molar-refractivity contribution < 1.29 is 14.7 Å². The summed E-state index contributed by atoms with van der Waals surface area (Å²) >= 11 is 0. The number of urea groups is 1. The van der Waals surface area contributed by atoms with Gasteiger partial charge in [-0.1, -0.05) is 20.8 Å². The third kappa shape index (κ3) is 4.11. The van der Waals surface area contributed by atoms with E-state index in [4.69, 9.17) is 5.11 Å². The highest BCUT2D eigenvalue weighted by molar-refractivity contribution is 5.80. The van der Waals surface area contributed by atoms with Crippen LogP contribution < -0.4 is 5.32 Å². The molecule has 0 aliphatic heterocycles. The Kier molecular flexibility index (Phi) is 5.63. The van der Waals surface area contributed by atoms with Gasteiger partial charge in [0.15, 0.2) is 0 Å². The molecule has 0 bridgehead atoms. The maximum Gasteiger partial charge on any atom is 0.323 e. The lowest BCUT2D eigenvalue weighted by Gasteiger charge is -2.30. The highest BCUT2D eigenvalue weighted by atomic mass is 16.4. The van der Waals surface area contributed by atoms with E-state index in [0.29, 0.717) is 11.8 Å². The Labute approximate surface area is 115 Å². The molecule has 0 heterocycles. The summed E-state index contributed by atoms with van der Waals surface area (Å²) in [5.74, 6) is 0.0951. The van der Waals surface area contributed by atoms with Crippen molar-refractivity contribution in [2.45, 2.75) is 59.0 Å². The summed E-state index contributed by atoms with van der Waals surface area (Å²) in [7, 11) is 0. The number of hydrogen-bond acceptors (Lipinski definition) is 2. The molecule has 1 saturated carbocycles. The fourth-order valence-electron chi connectivity index (χ4n) is 2.60. The molecule has 0 spiro atoms. The summed E-state index contributed by atoms with van der Waals surface area (Å²) in [5, 5.41) is 11.9. The molecule has 110 valence electrons. The molecule has 0 saturated heterocycles. The van der Waals surface area contributed by atoms with E-state index in [1.807, 2.05) is 13.8 Å². The van der Waals surface area contributed by atoms with Crippen molar-refractivity contribution in [3.05, 3.63) is 0 Å². The number of aliphatic carboxylic acids is 1. The first-order valence-electron chi connectivity index (χ1n) is 7.15. The van der Waals surface area contributed by atoms with Crippen LogP contribution in [0.3, 0.4) is 0 Å². The molecular formula is C14H26N2O3. The normalized spacial score (nSPS) is 27.9. The predicted molar refractivity (Wildman–Crippen MR) is 74.0 cm³/mol. The zero-order valence-electron chi connectivity index (χ0n) is 12.3. The summed E-state index contributed by atoms with van der Waals surface area (Å²) in [6.45, 7) is 7.93. The van der Waals surface area contributed by atoms with Crippen LogP contribution in [-0.2, 0) is 4.79 Å². The molecule has 4 atom stereocenters. The Morgan fingerprint density at radius 2 is 2.00 bits per heavy atom. The van der Waals surface area contributed by atoms with Gasteiger partial charge in [-0.25, -0.2) is 4.79 Å². The van der Waals surface area contributed by atoms with Crippen molar-refractivity contribution in [2.75, 3.05) is 6.54 Å². The largest absolute Gasteiger partial charge is 0.480 e. The standard InChI is InChI=1S/C14H26N2O3/c1-5-10(3)16(8-13(17)18)14(19)15-12-7-6-9(2)11(12)4/h9-12H,5-8H2,1-4H3,(H,15,19)(H,17,18). The van der Waals surface area contributed by atoms with Crippen LogP contribution in [0.1, 0.15) is 47.0 Å². The van der Waals surface area contributed by atoms with Crippen LogP contribution in [0, 0.1) is 11.8 Å². The molecule has 2 N–H and O–H groups in total. The quantitative estimate of drug-likeness (QED) is 0.805. The monoisotopic (exact) mass is 270 g/mol. The Hall–Kier alpha value is -1.26. The van der Waals surface area contributed by atoms with Crippen LogP contribution in [0.5, 0.6) is 0 Å². The van der Waals surface area contributed by atoms with E-state index in [1.54, 1.807) is 0 Å². The van der Waals surface area contributed by atoms with Crippen LogP contribution in [-0.4, -0.2) is 40.6 Å². The Balaban J connectivity index is 2.64. The number of hydrogen-bond donors (Lipinski definition) is 2. The number of carbonyl (C=O) groups excluding carboxylic acids is 1. The molecule has 0 aromatic carbocycles. The van der Waals surface area contributed by atoms with Crippen LogP contribution in [0.25, 0.3) is 0 Å². The highest BCUT2D eigenvalue weighted by Gasteiger charge is 2.32. The SMILES string of the molecule is CCC(C)N(CC(=O)O)C(=O)NC1CCC(C)C1C. The van der Waals surface area contributed by atoms with Crippen molar-refractivity contribution in [1.29, 1.82) is 0 Å². The minimum Gasteiger partial charge on any atom is -0.480 e. The zero-order chi connectivity index (χ0) is 14.6. The van der Waals surface area contributed by atoms with Crippen molar-refractivity contribution >= 4 is 12.0 Å². The lowest BCUT2D eigenvalue weighted by molar-refractivity contribution is -0.138. The second-order valence-electron chi connectivity index (χ2n) is 5.75. The van der Waals surface area contributed by atoms with Gasteiger partial charge in [-0.3, -0.25) is 4.79 Å². The maximum atomic E-state index is 12.2. The molecule has 1 aliphatic rings. The predicted octanol–water partition coefficient (Wildman–Crippen LogP) is 2.32. The molecule has 0 aromatic rings. The van der Waals surface area contributed by atoms with E-state index in [0.717, 1.165) is 19.3 Å². The van der Waals surface area contributed by atoms with Gasteiger partial charge in [-0.15, -0.1) is 0 Å². The maximum absolute atomic E-state index is 12.2. The van der Waals surface area contributed by atoms with Gasteiger partial charge in [0.25, 0.3) is 0 Å². The lowest BCUT2D eigenvalue weighted by atomic mass is 9.98. The van der Waals surface area contributed by atoms with E-state index in [-0.39, 0.29) is 24.7 Å². The average molecular weight is 270 g/mol. The summed E-state index contributed by atoms with van der Waals surface area (Å²) in [5.41, 5.74) is 0. The van der Waals surface area contributed by atoms with E-state index >= 15 is 0 Å². The lowest BCUT2D eigenvalue weighted by Crippen LogP contribution is -2.50. The molecule has 5 heteroatoms. The fraction of sp³-hybridized carbons (Fsp3) is 0.857. The average Bonchev–Trinajstić information content (AvgIpc) is 2.66. The molecule has 1 rings (SSSR count). The highest BCUT2D eigenvalue weighted by Crippen LogP contribution is 2.31. The third-order valence-corrected chi connectivity index (χ3v) is 4.46. The van der Waals surface area contributed by atoms with Gasteiger partial charge in [-0.05, 0) is 38.0 Å². The van der Waals surface area contributed by atoms with E-state index in [1.165, 1.54) is 4.90 Å². The third-order valence-electron chi connectivity index (χ3n) is 4.46. The Morgan fingerprint density at radius 3 is 2.42 bits per heavy atom. The second kappa shape index (κ2) is 6.78. The first-order chi connectivity index (χ1) is 8.86. The van der Waals surface area contributed by atoms with Gasteiger partial charge < -0.3 is 15.3 Å².